The molecule has 22 heavy (non-hydrogen) atoms. The van der Waals surface area contributed by atoms with E-state index in [4.69, 9.17) is 9.47 Å². The Kier molecular flexibility index (Phi) is 8.89. The number of hydrogen-bond donors (Lipinski definition) is 1. The van der Waals surface area contributed by atoms with Crippen molar-refractivity contribution < 1.29 is 19.1 Å². The van der Waals surface area contributed by atoms with Gasteiger partial charge in [-0.3, -0.25) is 4.79 Å². The Balaban J connectivity index is 2.20. The minimum atomic E-state index is -0.318. The third-order valence-electron chi connectivity index (χ3n) is 3.53. The van der Waals surface area contributed by atoms with Crippen molar-refractivity contribution in [3.8, 4) is 0 Å². The van der Waals surface area contributed by atoms with Crippen LogP contribution in [-0.4, -0.2) is 56.4 Å². The number of ether oxygens (including phenoxy) is 2. The maximum absolute atomic E-state index is 12.1. The molecule has 0 aromatic carbocycles. The number of piperidine rings is 1. The van der Waals surface area contributed by atoms with Gasteiger partial charge >= 0.3 is 6.09 Å². The molecule has 0 spiro atoms. The normalized spacial score (nSPS) is 18.4. The fourth-order valence-corrected chi connectivity index (χ4v) is 2.42. The zero-order chi connectivity index (χ0) is 16.4. The van der Waals surface area contributed by atoms with E-state index in [-0.39, 0.29) is 17.9 Å². The molecule has 6 nitrogen and oxygen atoms in total. The van der Waals surface area contributed by atoms with Gasteiger partial charge in [-0.25, -0.2) is 4.79 Å². The zero-order valence-electron chi connectivity index (χ0n) is 14.1. The van der Waals surface area contributed by atoms with E-state index in [1.165, 1.54) is 0 Å². The van der Waals surface area contributed by atoms with E-state index in [2.05, 4.69) is 19.2 Å². The van der Waals surface area contributed by atoms with E-state index in [9.17, 15) is 9.59 Å². The first-order valence-corrected chi connectivity index (χ1v) is 8.31. The van der Waals surface area contributed by atoms with Gasteiger partial charge in [0.05, 0.1) is 12.5 Å². The number of nitrogens with one attached hydrogen (secondary N) is 1. The maximum Gasteiger partial charge on any atom is 0.409 e. The van der Waals surface area contributed by atoms with Gasteiger partial charge in [-0.2, -0.15) is 0 Å². The molecule has 0 bridgehead atoms. The predicted octanol–water partition coefficient (Wildman–Crippen LogP) is 2.03. The average Bonchev–Trinajstić information content (AvgIpc) is 2.50. The standard InChI is InChI=1S/C16H30N2O4/c1-4-22-16(20)18-9-5-7-14(11-18)15(19)17-8-6-10-21-12-13(2)3/h13-14H,4-12H2,1-3H3,(H,17,19). The van der Waals surface area contributed by atoms with E-state index in [0.29, 0.717) is 38.8 Å². The number of likely N-dealkylation sites (tertiary alicyclic amines) is 1. The number of nitrogens with zero attached hydrogens (tertiary/aromatic N) is 1. The Morgan fingerprint density at radius 3 is 2.82 bits per heavy atom. The highest BCUT2D eigenvalue weighted by molar-refractivity contribution is 5.79. The van der Waals surface area contributed by atoms with Crippen molar-refractivity contribution in [3.63, 3.8) is 0 Å². The van der Waals surface area contributed by atoms with Crippen LogP contribution < -0.4 is 5.32 Å². The molecule has 1 heterocycles. The molecule has 1 fully saturated rings. The molecule has 0 aromatic rings. The van der Waals surface area contributed by atoms with Crippen LogP contribution in [0.4, 0.5) is 4.79 Å². The highest BCUT2D eigenvalue weighted by atomic mass is 16.6. The van der Waals surface area contributed by atoms with Crippen LogP contribution in [0.25, 0.3) is 0 Å². The lowest BCUT2D eigenvalue weighted by Crippen LogP contribution is -2.45. The fourth-order valence-electron chi connectivity index (χ4n) is 2.42. The van der Waals surface area contributed by atoms with Crippen molar-refractivity contribution in [2.75, 3.05) is 39.5 Å². The molecule has 0 saturated carbocycles. The van der Waals surface area contributed by atoms with Crippen LogP contribution in [0.3, 0.4) is 0 Å². The van der Waals surface area contributed by atoms with E-state index in [0.717, 1.165) is 25.9 Å². The highest BCUT2D eigenvalue weighted by Gasteiger charge is 2.28. The lowest BCUT2D eigenvalue weighted by Gasteiger charge is -2.31. The summed E-state index contributed by atoms with van der Waals surface area (Å²) in [6.07, 6.45) is 2.16. The van der Waals surface area contributed by atoms with Gasteiger partial charge in [-0.15, -0.1) is 0 Å². The minimum Gasteiger partial charge on any atom is -0.450 e. The Hall–Kier alpha value is -1.30. The Labute approximate surface area is 133 Å². The molecule has 1 rings (SSSR count). The van der Waals surface area contributed by atoms with Crippen molar-refractivity contribution in [1.82, 2.24) is 10.2 Å². The molecule has 1 saturated heterocycles. The van der Waals surface area contributed by atoms with Crippen LogP contribution in [0.5, 0.6) is 0 Å². The monoisotopic (exact) mass is 314 g/mol. The van der Waals surface area contributed by atoms with Crippen LogP contribution >= 0.6 is 0 Å². The van der Waals surface area contributed by atoms with Gasteiger partial charge in [0.1, 0.15) is 0 Å². The van der Waals surface area contributed by atoms with Gasteiger partial charge in [-0.1, -0.05) is 13.8 Å². The first-order valence-electron chi connectivity index (χ1n) is 8.31. The van der Waals surface area contributed by atoms with Crippen LogP contribution in [0.2, 0.25) is 0 Å². The fraction of sp³-hybridized carbons (Fsp3) is 0.875. The summed E-state index contributed by atoms with van der Waals surface area (Å²) < 4.78 is 10.5. The lowest BCUT2D eigenvalue weighted by molar-refractivity contribution is -0.126. The average molecular weight is 314 g/mol. The number of hydrogen-bond acceptors (Lipinski definition) is 4. The summed E-state index contributed by atoms with van der Waals surface area (Å²) in [5.74, 6) is 0.429. The third-order valence-corrected chi connectivity index (χ3v) is 3.53. The van der Waals surface area contributed by atoms with E-state index < -0.39 is 0 Å². The highest BCUT2D eigenvalue weighted by Crippen LogP contribution is 2.17. The van der Waals surface area contributed by atoms with Gasteiger partial charge in [0.2, 0.25) is 5.91 Å². The second kappa shape index (κ2) is 10.4. The van der Waals surface area contributed by atoms with Gasteiger partial charge in [-0.05, 0) is 32.1 Å². The van der Waals surface area contributed by atoms with Crippen molar-refractivity contribution in [2.45, 2.75) is 40.0 Å². The molecule has 1 aliphatic heterocycles. The summed E-state index contributed by atoms with van der Waals surface area (Å²) in [7, 11) is 0. The molecule has 2 amide bonds. The Morgan fingerprint density at radius 2 is 2.14 bits per heavy atom. The zero-order valence-corrected chi connectivity index (χ0v) is 14.1. The number of carbonyl (C=O) groups is 2. The van der Waals surface area contributed by atoms with Gasteiger partial charge < -0.3 is 19.7 Å². The second-order valence-corrected chi connectivity index (χ2v) is 6.10. The molecular formula is C16H30N2O4. The van der Waals surface area contributed by atoms with Crippen molar-refractivity contribution >= 4 is 12.0 Å². The van der Waals surface area contributed by atoms with Gasteiger partial charge in [0, 0.05) is 32.8 Å². The van der Waals surface area contributed by atoms with Crippen molar-refractivity contribution in [3.05, 3.63) is 0 Å². The molecule has 1 aliphatic rings. The van der Waals surface area contributed by atoms with Gasteiger partial charge in [0.15, 0.2) is 0 Å². The smallest absolute Gasteiger partial charge is 0.409 e. The molecule has 0 aliphatic carbocycles. The number of amides is 2. The Bertz CT molecular complexity index is 347. The summed E-state index contributed by atoms with van der Waals surface area (Å²) in [6.45, 7) is 9.53. The molecule has 1 atom stereocenters. The SMILES string of the molecule is CCOC(=O)N1CCCC(C(=O)NCCCOCC(C)C)C1. The summed E-state index contributed by atoms with van der Waals surface area (Å²) >= 11 is 0. The minimum absolute atomic E-state index is 0.0258. The van der Waals surface area contributed by atoms with Crippen molar-refractivity contribution in [2.24, 2.45) is 11.8 Å². The molecular weight excluding hydrogens is 284 g/mol. The largest absolute Gasteiger partial charge is 0.450 e. The maximum atomic E-state index is 12.1. The first-order chi connectivity index (χ1) is 10.5. The summed E-state index contributed by atoms with van der Waals surface area (Å²) in [4.78, 5) is 25.5. The first kappa shape index (κ1) is 18.7. The van der Waals surface area contributed by atoms with Crippen LogP contribution in [0.15, 0.2) is 0 Å². The summed E-state index contributed by atoms with van der Waals surface area (Å²) in [6, 6.07) is 0. The van der Waals surface area contributed by atoms with Gasteiger partial charge in [0.25, 0.3) is 0 Å². The topological polar surface area (TPSA) is 67.9 Å². The quantitative estimate of drug-likeness (QED) is 0.696. The second-order valence-electron chi connectivity index (χ2n) is 6.10. The molecule has 0 aromatic heterocycles. The lowest BCUT2D eigenvalue weighted by atomic mass is 9.97. The van der Waals surface area contributed by atoms with Crippen LogP contribution in [0, 0.1) is 11.8 Å². The van der Waals surface area contributed by atoms with Crippen LogP contribution in [-0.2, 0) is 14.3 Å². The molecule has 1 N–H and O–H groups in total. The van der Waals surface area contributed by atoms with E-state index in [1.807, 2.05) is 0 Å². The third kappa shape index (κ3) is 7.11. The number of rotatable bonds is 8. The van der Waals surface area contributed by atoms with Crippen LogP contribution in [0.1, 0.15) is 40.0 Å². The van der Waals surface area contributed by atoms with E-state index >= 15 is 0 Å². The molecule has 1 unspecified atom stereocenters. The molecule has 128 valence electrons. The number of carbonyl (C=O) groups excluding carboxylic acids is 2. The molecule has 0 radical (unpaired) electrons. The summed E-state index contributed by atoms with van der Waals surface area (Å²) in [5, 5.41) is 2.93. The summed E-state index contributed by atoms with van der Waals surface area (Å²) in [5.41, 5.74) is 0. The Morgan fingerprint density at radius 1 is 1.36 bits per heavy atom. The predicted molar refractivity (Wildman–Crippen MR) is 84.6 cm³/mol. The molecule has 6 heteroatoms. The van der Waals surface area contributed by atoms with Crippen molar-refractivity contribution in [1.29, 1.82) is 0 Å². The van der Waals surface area contributed by atoms with E-state index in [1.54, 1.807) is 11.8 Å².